The fourth-order valence-corrected chi connectivity index (χ4v) is 3.58. The molecule has 0 aliphatic carbocycles. The lowest BCUT2D eigenvalue weighted by molar-refractivity contribution is 0.0707. The van der Waals surface area contributed by atoms with E-state index in [4.69, 9.17) is 0 Å². The van der Waals surface area contributed by atoms with Crippen LogP contribution in [0, 0.1) is 0 Å². The average Bonchev–Trinajstić information content (AvgIpc) is 3.40. The number of phenolic OH excluding ortho intramolecular Hbond substituents is 1. The van der Waals surface area contributed by atoms with E-state index in [1.165, 1.54) is 17.1 Å². The van der Waals surface area contributed by atoms with E-state index < -0.39 is 0 Å². The van der Waals surface area contributed by atoms with Gasteiger partial charge in [-0.3, -0.25) is 4.79 Å². The van der Waals surface area contributed by atoms with Gasteiger partial charge in [0.05, 0.1) is 11.3 Å². The van der Waals surface area contributed by atoms with Gasteiger partial charge in [-0.25, -0.2) is 9.67 Å². The van der Waals surface area contributed by atoms with Gasteiger partial charge >= 0.3 is 0 Å². The lowest BCUT2D eigenvalue weighted by atomic mass is 9.95. The number of piperidine rings is 1. The van der Waals surface area contributed by atoms with Crippen LogP contribution in [-0.2, 0) is 6.54 Å². The van der Waals surface area contributed by atoms with Crippen molar-refractivity contribution in [3.8, 4) is 11.4 Å². The van der Waals surface area contributed by atoms with Gasteiger partial charge in [-0.05, 0) is 48.4 Å². The first-order valence-electron chi connectivity index (χ1n) is 9.04. The van der Waals surface area contributed by atoms with Gasteiger partial charge in [0.25, 0.3) is 5.91 Å². The maximum absolute atomic E-state index is 12.9. The number of aryl methyl sites for hydroxylation is 1. The molecule has 0 atom stereocenters. The van der Waals surface area contributed by atoms with Crippen LogP contribution in [0.4, 0.5) is 0 Å². The zero-order valence-corrected chi connectivity index (χ0v) is 15.1. The van der Waals surface area contributed by atoms with E-state index >= 15 is 0 Å². The maximum Gasteiger partial charge on any atom is 0.257 e. The van der Waals surface area contributed by atoms with Crippen molar-refractivity contribution in [1.82, 2.24) is 34.7 Å². The predicted octanol–water partition coefficient (Wildman–Crippen LogP) is 1.60. The van der Waals surface area contributed by atoms with E-state index in [2.05, 4.69) is 32.0 Å². The number of likely N-dealkylation sites (tertiary alicyclic amines) is 1. The van der Waals surface area contributed by atoms with E-state index in [1.54, 1.807) is 17.0 Å². The van der Waals surface area contributed by atoms with Crippen LogP contribution in [0.15, 0.2) is 36.9 Å². The third-order valence-corrected chi connectivity index (χ3v) is 5.06. The van der Waals surface area contributed by atoms with Crippen molar-refractivity contribution in [3.63, 3.8) is 0 Å². The molecule has 1 saturated heterocycles. The topological polar surface area (TPSA) is 102 Å². The fourth-order valence-electron chi connectivity index (χ4n) is 3.58. The minimum Gasteiger partial charge on any atom is -0.507 e. The highest BCUT2D eigenvalue weighted by atomic mass is 16.3. The average molecular weight is 367 g/mol. The lowest BCUT2D eigenvalue weighted by Crippen LogP contribution is -2.38. The first-order chi connectivity index (χ1) is 13.2. The smallest absolute Gasteiger partial charge is 0.257 e. The Morgan fingerprint density at radius 2 is 2.11 bits per heavy atom. The highest BCUT2D eigenvalue weighted by Crippen LogP contribution is 2.29. The van der Waals surface area contributed by atoms with E-state index in [0.717, 1.165) is 25.2 Å². The predicted molar refractivity (Wildman–Crippen MR) is 96.6 cm³/mol. The van der Waals surface area contributed by atoms with Crippen LogP contribution >= 0.6 is 0 Å². The Hall–Kier alpha value is -3.23. The van der Waals surface area contributed by atoms with E-state index in [1.807, 2.05) is 12.4 Å². The summed E-state index contributed by atoms with van der Waals surface area (Å²) in [6.07, 6.45) is 6.99. The molecule has 1 aromatic carbocycles. The van der Waals surface area contributed by atoms with E-state index in [-0.39, 0.29) is 17.2 Å². The number of carbonyl (C=O) groups is 1. The summed E-state index contributed by atoms with van der Waals surface area (Å²) in [5.74, 6) is 1.22. The molecule has 9 nitrogen and oxygen atoms in total. The SMILES string of the molecule is CCn1ccnc1C1CCN(C(=O)c2cc(-n3cnnn3)ccc2O)CC1. The Labute approximate surface area is 156 Å². The summed E-state index contributed by atoms with van der Waals surface area (Å²) in [5, 5.41) is 21.2. The van der Waals surface area contributed by atoms with Crippen molar-refractivity contribution >= 4 is 5.91 Å². The van der Waals surface area contributed by atoms with Gasteiger partial charge in [0.15, 0.2) is 0 Å². The van der Waals surface area contributed by atoms with Crippen molar-refractivity contribution < 1.29 is 9.90 Å². The maximum atomic E-state index is 12.9. The van der Waals surface area contributed by atoms with Crippen LogP contribution in [0.1, 0.15) is 41.9 Å². The van der Waals surface area contributed by atoms with Gasteiger partial charge in [-0.2, -0.15) is 0 Å². The second-order valence-electron chi connectivity index (χ2n) is 6.59. The van der Waals surface area contributed by atoms with Gasteiger partial charge < -0.3 is 14.6 Å². The normalized spacial score (nSPS) is 15.2. The molecule has 2 aromatic heterocycles. The molecule has 0 radical (unpaired) electrons. The van der Waals surface area contributed by atoms with Crippen molar-refractivity contribution in [2.75, 3.05) is 13.1 Å². The number of hydrogen-bond donors (Lipinski definition) is 1. The van der Waals surface area contributed by atoms with Crippen molar-refractivity contribution in [2.45, 2.75) is 32.2 Å². The molecule has 1 N–H and O–H groups in total. The molecule has 9 heteroatoms. The Kier molecular flexibility index (Phi) is 4.57. The summed E-state index contributed by atoms with van der Waals surface area (Å²) in [7, 11) is 0. The first-order valence-corrected chi connectivity index (χ1v) is 9.04. The molecule has 140 valence electrons. The number of nitrogens with zero attached hydrogens (tertiary/aromatic N) is 7. The summed E-state index contributed by atoms with van der Waals surface area (Å²) in [4.78, 5) is 19.2. The minimum atomic E-state index is -0.181. The van der Waals surface area contributed by atoms with E-state index in [0.29, 0.717) is 24.7 Å². The molecule has 0 unspecified atom stereocenters. The molecular weight excluding hydrogens is 346 g/mol. The summed E-state index contributed by atoms with van der Waals surface area (Å²) in [6, 6.07) is 4.78. The number of aromatic nitrogens is 6. The third-order valence-electron chi connectivity index (χ3n) is 5.06. The van der Waals surface area contributed by atoms with Crippen LogP contribution in [0.3, 0.4) is 0 Å². The number of carbonyl (C=O) groups excluding carboxylic acids is 1. The molecular formula is C18H21N7O2. The second-order valence-corrected chi connectivity index (χ2v) is 6.59. The van der Waals surface area contributed by atoms with Crippen LogP contribution in [0.5, 0.6) is 5.75 Å². The van der Waals surface area contributed by atoms with Crippen molar-refractivity contribution in [1.29, 1.82) is 0 Å². The second kappa shape index (κ2) is 7.18. The Bertz CT molecular complexity index is 927. The van der Waals surface area contributed by atoms with Gasteiger partial charge in [-0.1, -0.05) is 0 Å². The molecule has 0 bridgehead atoms. The van der Waals surface area contributed by atoms with Crippen molar-refractivity contribution in [3.05, 3.63) is 48.3 Å². The van der Waals surface area contributed by atoms with Crippen molar-refractivity contribution in [2.24, 2.45) is 0 Å². The summed E-state index contributed by atoms with van der Waals surface area (Å²) >= 11 is 0. The van der Waals surface area contributed by atoms with Gasteiger partial charge in [-0.15, -0.1) is 5.10 Å². The molecule has 0 spiro atoms. The van der Waals surface area contributed by atoms with Gasteiger partial charge in [0, 0.05) is 37.9 Å². The summed E-state index contributed by atoms with van der Waals surface area (Å²) < 4.78 is 3.61. The van der Waals surface area contributed by atoms with E-state index in [9.17, 15) is 9.90 Å². The number of aromatic hydroxyl groups is 1. The zero-order valence-electron chi connectivity index (χ0n) is 15.1. The monoisotopic (exact) mass is 367 g/mol. The minimum absolute atomic E-state index is 0.0412. The number of tetrazole rings is 1. The zero-order chi connectivity index (χ0) is 18.8. The lowest BCUT2D eigenvalue weighted by Gasteiger charge is -2.32. The van der Waals surface area contributed by atoms with Crippen LogP contribution < -0.4 is 0 Å². The summed E-state index contributed by atoms with van der Waals surface area (Å²) in [6.45, 7) is 4.26. The van der Waals surface area contributed by atoms with Crippen LogP contribution in [-0.4, -0.2) is 58.8 Å². The largest absolute Gasteiger partial charge is 0.507 e. The fraction of sp³-hybridized carbons (Fsp3) is 0.389. The number of imidazole rings is 1. The molecule has 27 heavy (non-hydrogen) atoms. The number of benzene rings is 1. The van der Waals surface area contributed by atoms with Gasteiger partial charge in [0.2, 0.25) is 0 Å². The van der Waals surface area contributed by atoms with Crippen LogP contribution in [0.2, 0.25) is 0 Å². The van der Waals surface area contributed by atoms with Crippen LogP contribution in [0.25, 0.3) is 5.69 Å². The molecule has 1 fully saturated rings. The molecule has 1 amide bonds. The molecule has 3 aromatic rings. The molecule has 0 saturated carbocycles. The quantitative estimate of drug-likeness (QED) is 0.751. The Morgan fingerprint density at radius 3 is 2.81 bits per heavy atom. The van der Waals surface area contributed by atoms with Gasteiger partial charge in [0.1, 0.15) is 17.9 Å². The summed E-state index contributed by atoms with van der Waals surface area (Å²) in [5.41, 5.74) is 0.887. The third kappa shape index (κ3) is 3.27. The number of phenols is 1. The standard InChI is InChI=1S/C18H21N7O2/c1-2-23-10-7-19-17(23)13-5-8-24(9-6-13)18(27)15-11-14(3-4-16(15)26)25-12-20-21-22-25/h3-4,7,10-13,26H,2,5-6,8-9H2,1H3. The molecule has 3 heterocycles. The molecule has 1 aliphatic heterocycles. The number of rotatable bonds is 4. The first kappa shape index (κ1) is 17.2. The number of amides is 1. The Balaban J connectivity index is 1.49. The highest BCUT2D eigenvalue weighted by Gasteiger charge is 2.28. The molecule has 4 rings (SSSR count). The Morgan fingerprint density at radius 1 is 1.30 bits per heavy atom. The number of hydrogen-bond acceptors (Lipinski definition) is 6. The molecule has 1 aliphatic rings. The highest BCUT2D eigenvalue weighted by molar-refractivity contribution is 5.97.